The minimum atomic E-state index is 0.371. The van der Waals surface area contributed by atoms with E-state index in [2.05, 4.69) is 85.0 Å². The lowest BCUT2D eigenvalue weighted by molar-refractivity contribution is 0.957. The first-order valence-corrected chi connectivity index (χ1v) is 8.53. The van der Waals surface area contributed by atoms with Gasteiger partial charge in [-0.25, -0.2) is 0 Å². The van der Waals surface area contributed by atoms with Gasteiger partial charge >= 0.3 is 0 Å². The first-order valence-electron chi connectivity index (χ1n) is 5.21. The van der Waals surface area contributed by atoms with Gasteiger partial charge in [0.15, 0.2) is 0 Å². The van der Waals surface area contributed by atoms with Crippen LogP contribution in [-0.4, -0.2) is 0 Å². The van der Waals surface area contributed by atoms with E-state index in [4.69, 9.17) is 0 Å². The number of hydrogen-bond acceptors (Lipinski definition) is 1. The van der Waals surface area contributed by atoms with Crippen molar-refractivity contribution < 1.29 is 0 Å². The summed E-state index contributed by atoms with van der Waals surface area (Å²) in [4.78, 5) is 1.71. The summed E-state index contributed by atoms with van der Waals surface area (Å²) < 4.78 is 2.29. The molecule has 0 aliphatic heterocycles. The van der Waals surface area contributed by atoms with Crippen molar-refractivity contribution in [1.82, 2.24) is 0 Å². The van der Waals surface area contributed by atoms with Gasteiger partial charge in [-0.2, -0.15) is 0 Å². The third-order valence-electron chi connectivity index (χ3n) is 2.63. The molecule has 1 aromatic carbocycles. The summed E-state index contributed by atoms with van der Waals surface area (Å²) in [6.45, 7) is 2.16. The smallest absolute Gasteiger partial charge is 0.0843 e. The Labute approximate surface area is 131 Å². The lowest BCUT2D eigenvalue weighted by Gasteiger charge is -2.09. The Hall–Kier alpha value is 0.360. The van der Waals surface area contributed by atoms with E-state index >= 15 is 0 Å². The maximum Gasteiger partial charge on any atom is 0.0843 e. The summed E-state index contributed by atoms with van der Waals surface area (Å²) in [5.41, 5.74) is 2.75. The highest BCUT2D eigenvalue weighted by atomic mass is 79.9. The van der Waals surface area contributed by atoms with Gasteiger partial charge in [-0.3, -0.25) is 0 Å². The monoisotopic (exact) mass is 436 g/mol. The van der Waals surface area contributed by atoms with E-state index in [1.807, 2.05) is 0 Å². The van der Waals surface area contributed by atoms with Crippen molar-refractivity contribution in [1.29, 1.82) is 0 Å². The Morgan fingerprint density at radius 1 is 1.24 bits per heavy atom. The molecule has 0 spiro atoms. The maximum atomic E-state index is 3.77. The molecular formula is C13H11Br3S. The van der Waals surface area contributed by atoms with E-state index in [1.54, 1.807) is 11.3 Å². The molecule has 0 radical (unpaired) electrons. The van der Waals surface area contributed by atoms with Crippen molar-refractivity contribution in [2.24, 2.45) is 0 Å². The van der Waals surface area contributed by atoms with Crippen molar-refractivity contribution in [2.75, 3.05) is 0 Å². The molecule has 0 N–H and O–H groups in total. The maximum absolute atomic E-state index is 3.77. The summed E-state index contributed by atoms with van der Waals surface area (Å²) in [7, 11) is 0. The second-order valence-electron chi connectivity index (χ2n) is 3.87. The number of benzene rings is 1. The molecule has 0 saturated heterocycles. The van der Waals surface area contributed by atoms with Crippen LogP contribution in [0, 0.1) is 6.92 Å². The Morgan fingerprint density at radius 2 is 1.94 bits per heavy atom. The van der Waals surface area contributed by atoms with E-state index in [9.17, 15) is 0 Å². The molecular weight excluding hydrogens is 428 g/mol. The standard InChI is InChI=1S/C13H11Br3S/c1-8-4-2-3-5-9(8)6-10(14)12-7-11(15)13(16)17-12/h2-5,7,10H,6H2,1H3. The Bertz CT molecular complexity index is 500. The highest BCUT2D eigenvalue weighted by Crippen LogP contribution is 2.39. The van der Waals surface area contributed by atoms with Gasteiger partial charge in [0.05, 0.1) is 8.61 Å². The fourth-order valence-corrected chi connectivity index (χ4v) is 4.48. The zero-order valence-electron chi connectivity index (χ0n) is 9.21. The quantitative estimate of drug-likeness (QED) is 0.496. The van der Waals surface area contributed by atoms with E-state index in [0.29, 0.717) is 4.83 Å². The van der Waals surface area contributed by atoms with Gasteiger partial charge in [-0.1, -0.05) is 40.2 Å². The van der Waals surface area contributed by atoms with Crippen molar-refractivity contribution in [3.8, 4) is 0 Å². The van der Waals surface area contributed by atoms with Crippen LogP contribution in [0.15, 0.2) is 38.6 Å². The van der Waals surface area contributed by atoms with Gasteiger partial charge in [0.2, 0.25) is 0 Å². The van der Waals surface area contributed by atoms with Crippen LogP contribution >= 0.6 is 59.1 Å². The summed E-state index contributed by atoms with van der Waals surface area (Å²) in [6, 6.07) is 10.7. The highest BCUT2D eigenvalue weighted by Gasteiger charge is 2.14. The topological polar surface area (TPSA) is 0 Å². The predicted octanol–water partition coefficient (Wildman–Crippen LogP) is 6.26. The van der Waals surface area contributed by atoms with Gasteiger partial charge in [-0.05, 0) is 62.4 Å². The molecule has 0 bridgehead atoms. The minimum absolute atomic E-state index is 0.371. The second kappa shape index (κ2) is 6.00. The lowest BCUT2D eigenvalue weighted by Crippen LogP contribution is -1.95. The van der Waals surface area contributed by atoms with Crippen LogP contribution < -0.4 is 0 Å². The molecule has 4 heteroatoms. The molecule has 1 aromatic heterocycles. The predicted molar refractivity (Wildman–Crippen MR) is 86.3 cm³/mol. The number of thiophene rings is 1. The first-order chi connectivity index (χ1) is 8.08. The average molecular weight is 439 g/mol. The van der Waals surface area contributed by atoms with Gasteiger partial charge in [0.1, 0.15) is 0 Å². The number of hydrogen-bond donors (Lipinski definition) is 0. The van der Waals surface area contributed by atoms with E-state index in [1.165, 1.54) is 16.0 Å². The Kier molecular flexibility index (Phi) is 4.87. The second-order valence-corrected chi connectivity index (χ2v) is 8.23. The van der Waals surface area contributed by atoms with E-state index < -0.39 is 0 Å². The third-order valence-corrected chi connectivity index (χ3v) is 7.12. The van der Waals surface area contributed by atoms with Crippen LogP contribution in [0.4, 0.5) is 0 Å². The third kappa shape index (κ3) is 3.43. The molecule has 2 rings (SSSR count). The molecule has 0 saturated carbocycles. The molecule has 0 amide bonds. The average Bonchev–Trinajstić information content (AvgIpc) is 2.63. The van der Waals surface area contributed by atoms with Crippen LogP contribution in [0.2, 0.25) is 0 Å². The number of aryl methyl sites for hydroxylation is 1. The van der Waals surface area contributed by atoms with E-state index in [0.717, 1.165) is 14.7 Å². The van der Waals surface area contributed by atoms with Crippen molar-refractivity contribution >= 4 is 59.1 Å². The zero-order valence-corrected chi connectivity index (χ0v) is 14.8. The van der Waals surface area contributed by atoms with Crippen LogP contribution in [0.25, 0.3) is 0 Å². The van der Waals surface area contributed by atoms with E-state index in [-0.39, 0.29) is 0 Å². The molecule has 0 nitrogen and oxygen atoms in total. The van der Waals surface area contributed by atoms with Crippen LogP contribution in [-0.2, 0) is 6.42 Å². The van der Waals surface area contributed by atoms with Crippen LogP contribution in [0.3, 0.4) is 0 Å². The molecule has 1 atom stereocenters. The normalized spacial score (nSPS) is 12.7. The molecule has 1 unspecified atom stereocenters. The van der Waals surface area contributed by atoms with Gasteiger partial charge < -0.3 is 0 Å². The summed E-state index contributed by atoms with van der Waals surface area (Å²) in [5, 5.41) is 0. The highest BCUT2D eigenvalue weighted by molar-refractivity contribution is 9.13. The first kappa shape index (κ1) is 13.8. The molecule has 90 valence electrons. The van der Waals surface area contributed by atoms with Crippen molar-refractivity contribution in [2.45, 2.75) is 18.2 Å². The summed E-state index contributed by atoms with van der Waals surface area (Å²) >= 11 is 12.6. The molecule has 2 aromatic rings. The largest absolute Gasteiger partial charge is 0.131 e. The van der Waals surface area contributed by atoms with Crippen molar-refractivity contribution in [3.63, 3.8) is 0 Å². The number of alkyl halides is 1. The number of halogens is 3. The molecule has 1 heterocycles. The molecule has 17 heavy (non-hydrogen) atoms. The molecule has 0 aliphatic rings. The van der Waals surface area contributed by atoms with Gasteiger partial charge in [0.25, 0.3) is 0 Å². The molecule has 0 aliphatic carbocycles. The molecule has 0 fully saturated rings. The van der Waals surface area contributed by atoms with Gasteiger partial charge in [0, 0.05) is 9.35 Å². The Morgan fingerprint density at radius 3 is 2.53 bits per heavy atom. The summed E-state index contributed by atoms with van der Waals surface area (Å²) in [6.07, 6.45) is 1.02. The van der Waals surface area contributed by atoms with Crippen LogP contribution in [0.5, 0.6) is 0 Å². The minimum Gasteiger partial charge on any atom is -0.131 e. The number of rotatable bonds is 3. The van der Waals surface area contributed by atoms with Crippen molar-refractivity contribution in [3.05, 3.63) is 54.6 Å². The zero-order chi connectivity index (χ0) is 12.4. The summed E-state index contributed by atoms with van der Waals surface area (Å²) in [5.74, 6) is 0. The SMILES string of the molecule is Cc1ccccc1CC(Br)c1cc(Br)c(Br)s1. The lowest BCUT2D eigenvalue weighted by atomic mass is 10.0. The van der Waals surface area contributed by atoms with Crippen LogP contribution in [0.1, 0.15) is 20.8 Å². The van der Waals surface area contributed by atoms with Gasteiger partial charge in [-0.15, -0.1) is 11.3 Å². The fourth-order valence-electron chi connectivity index (χ4n) is 1.65. The Balaban J connectivity index is 2.17. The fraction of sp³-hybridized carbons (Fsp3) is 0.231.